The van der Waals surface area contributed by atoms with Crippen molar-refractivity contribution in [3.8, 4) is 0 Å². The summed E-state index contributed by atoms with van der Waals surface area (Å²) in [5, 5.41) is 0. The van der Waals surface area contributed by atoms with E-state index in [4.69, 9.17) is 0 Å². The number of hydrogen-bond acceptors (Lipinski definition) is 5. The Morgan fingerprint density at radius 1 is 1.24 bits per heavy atom. The maximum Gasteiger partial charge on any atom is 0.253 e. The summed E-state index contributed by atoms with van der Waals surface area (Å²) in [7, 11) is -6.66. The van der Waals surface area contributed by atoms with Crippen LogP contribution in [-0.4, -0.2) is 44.7 Å². The van der Waals surface area contributed by atoms with E-state index in [2.05, 4.69) is 0 Å². The van der Waals surface area contributed by atoms with E-state index in [0.717, 1.165) is 24.1 Å². The van der Waals surface area contributed by atoms with Gasteiger partial charge in [0.2, 0.25) is 0 Å². The predicted octanol–water partition coefficient (Wildman–Crippen LogP) is 1.65. The molecule has 1 aromatic rings. The number of nitrogens with zero attached hydrogens (tertiary/aromatic N) is 1. The molecule has 1 aliphatic heterocycles. The minimum atomic E-state index is -3.57. The first-order chi connectivity index (χ1) is 9.83. The minimum Gasteiger partial charge on any atom is -0.229 e. The van der Waals surface area contributed by atoms with Crippen molar-refractivity contribution in [3.63, 3.8) is 0 Å². The van der Waals surface area contributed by atoms with Crippen LogP contribution in [0.2, 0.25) is 0 Å². The van der Waals surface area contributed by atoms with Gasteiger partial charge in [-0.05, 0) is 37.8 Å². The third kappa shape index (κ3) is 3.04. The Labute approximate surface area is 129 Å². The molecule has 0 aromatic carbocycles. The molecule has 21 heavy (non-hydrogen) atoms. The smallest absolute Gasteiger partial charge is 0.229 e. The van der Waals surface area contributed by atoms with E-state index in [1.54, 1.807) is 6.07 Å². The predicted molar refractivity (Wildman–Crippen MR) is 82.8 cm³/mol. The summed E-state index contributed by atoms with van der Waals surface area (Å²) in [6.45, 7) is 1.99. The van der Waals surface area contributed by atoms with Crippen molar-refractivity contribution in [2.45, 2.75) is 48.9 Å². The normalized spacial score (nSPS) is 25.5. The Bertz CT molecular complexity index is 731. The molecule has 2 heterocycles. The molecule has 0 spiro atoms. The van der Waals surface area contributed by atoms with Crippen LogP contribution in [0.25, 0.3) is 0 Å². The van der Waals surface area contributed by atoms with Crippen molar-refractivity contribution in [1.82, 2.24) is 4.31 Å². The Kier molecular flexibility index (Phi) is 3.92. The summed E-state index contributed by atoms with van der Waals surface area (Å²) >= 11 is 1.29. The Morgan fingerprint density at radius 2 is 1.95 bits per heavy atom. The molecule has 2 fully saturated rings. The standard InChI is InChI=1S/C13H19NO4S3/c1-2-12-5-6-13(19-12)21(17,18)14(10-3-4-10)11-7-8-20(15,16)9-11/h5-6,10-11H,2-4,7-9H2,1H3/t11-/m0/s1. The van der Waals surface area contributed by atoms with Gasteiger partial charge in [0, 0.05) is 17.0 Å². The van der Waals surface area contributed by atoms with Crippen LogP contribution >= 0.6 is 11.3 Å². The second-order valence-corrected chi connectivity index (χ2v) is 11.2. The van der Waals surface area contributed by atoms with E-state index in [9.17, 15) is 16.8 Å². The zero-order valence-corrected chi connectivity index (χ0v) is 14.3. The van der Waals surface area contributed by atoms with Gasteiger partial charge in [0.25, 0.3) is 10.0 Å². The lowest BCUT2D eigenvalue weighted by molar-refractivity contribution is 0.333. The lowest BCUT2D eigenvalue weighted by atomic mass is 10.2. The van der Waals surface area contributed by atoms with Gasteiger partial charge in [-0.3, -0.25) is 0 Å². The molecule has 3 rings (SSSR count). The first-order valence-corrected chi connectivity index (χ1v) is 11.2. The highest BCUT2D eigenvalue weighted by Gasteiger charge is 2.46. The minimum absolute atomic E-state index is 0.0134. The summed E-state index contributed by atoms with van der Waals surface area (Å²) in [4.78, 5) is 1.03. The van der Waals surface area contributed by atoms with Gasteiger partial charge in [0.15, 0.2) is 9.84 Å². The summed E-state index contributed by atoms with van der Waals surface area (Å²) in [6.07, 6.45) is 2.90. The molecule has 1 aromatic heterocycles. The number of thiophene rings is 1. The highest BCUT2D eigenvalue weighted by Crippen LogP contribution is 2.38. The highest BCUT2D eigenvalue weighted by molar-refractivity contribution is 7.92. The number of aryl methyl sites for hydroxylation is 1. The molecule has 0 bridgehead atoms. The van der Waals surface area contributed by atoms with E-state index in [0.29, 0.717) is 10.6 Å². The van der Waals surface area contributed by atoms with Gasteiger partial charge in [0.1, 0.15) is 4.21 Å². The van der Waals surface area contributed by atoms with Crippen molar-refractivity contribution in [2.75, 3.05) is 11.5 Å². The van der Waals surface area contributed by atoms with Crippen molar-refractivity contribution < 1.29 is 16.8 Å². The van der Waals surface area contributed by atoms with Gasteiger partial charge in [-0.25, -0.2) is 16.8 Å². The average Bonchev–Trinajstić information content (AvgIpc) is 2.98. The van der Waals surface area contributed by atoms with Crippen molar-refractivity contribution in [1.29, 1.82) is 0 Å². The highest BCUT2D eigenvalue weighted by atomic mass is 32.2. The van der Waals surface area contributed by atoms with E-state index in [-0.39, 0.29) is 23.6 Å². The Hall–Kier alpha value is -0.440. The molecular formula is C13H19NO4S3. The topological polar surface area (TPSA) is 71.5 Å². The summed E-state index contributed by atoms with van der Waals surface area (Å²) in [6, 6.07) is 3.09. The maximum atomic E-state index is 12.9. The molecule has 1 atom stereocenters. The molecule has 5 nitrogen and oxygen atoms in total. The van der Waals surface area contributed by atoms with Crippen LogP contribution in [0.1, 0.15) is 31.1 Å². The van der Waals surface area contributed by atoms with Crippen LogP contribution in [0.3, 0.4) is 0 Å². The second kappa shape index (κ2) is 5.33. The number of sulfonamides is 1. The first kappa shape index (κ1) is 15.5. The number of hydrogen-bond donors (Lipinski definition) is 0. The van der Waals surface area contributed by atoms with Crippen LogP contribution in [-0.2, 0) is 26.3 Å². The molecule has 0 unspecified atom stereocenters. The Balaban J connectivity index is 1.93. The van der Waals surface area contributed by atoms with Gasteiger partial charge in [-0.2, -0.15) is 4.31 Å². The van der Waals surface area contributed by atoms with Crippen LogP contribution in [0.5, 0.6) is 0 Å². The Morgan fingerprint density at radius 3 is 2.43 bits per heavy atom. The molecule has 1 saturated carbocycles. The SMILES string of the molecule is CCc1ccc(S(=O)(=O)N(C2CC2)[C@H]2CCS(=O)(=O)C2)s1. The fraction of sp³-hybridized carbons (Fsp3) is 0.692. The summed E-state index contributed by atoms with van der Waals surface area (Å²) < 4.78 is 51.0. The quantitative estimate of drug-likeness (QED) is 0.810. The molecule has 0 radical (unpaired) electrons. The van der Waals surface area contributed by atoms with Gasteiger partial charge in [-0.15, -0.1) is 11.3 Å². The lowest BCUT2D eigenvalue weighted by Gasteiger charge is -2.26. The van der Waals surface area contributed by atoms with E-state index >= 15 is 0 Å². The zero-order valence-electron chi connectivity index (χ0n) is 11.9. The average molecular weight is 349 g/mol. The van der Waals surface area contributed by atoms with Gasteiger partial charge < -0.3 is 0 Å². The summed E-state index contributed by atoms with van der Waals surface area (Å²) in [5.41, 5.74) is 0. The molecular weight excluding hydrogens is 330 g/mol. The molecule has 1 aliphatic carbocycles. The van der Waals surface area contributed by atoms with Crippen molar-refractivity contribution >= 4 is 31.2 Å². The third-order valence-corrected chi connectivity index (χ3v) is 9.44. The first-order valence-electron chi connectivity index (χ1n) is 7.16. The van der Waals surface area contributed by atoms with Crippen LogP contribution in [0, 0.1) is 0 Å². The monoisotopic (exact) mass is 349 g/mol. The fourth-order valence-electron chi connectivity index (χ4n) is 2.79. The van der Waals surface area contributed by atoms with E-state index in [1.165, 1.54) is 15.6 Å². The van der Waals surface area contributed by atoms with Crippen molar-refractivity contribution in [3.05, 3.63) is 17.0 Å². The molecule has 1 saturated heterocycles. The molecule has 0 N–H and O–H groups in total. The van der Waals surface area contributed by atoms with Crippen molar-refractivity contribution in [2.24, 2.45) is 0 Å². The molecule has 8 heteroatoms. The second-order valence-electron chi connectivity index (χ2n) is 5.70. The lowest BCUT2D eigenvalue weighted by Crippen LogP contribution is -2.42. The zero-order chi connectivity index (χ0) is 15.3. The molecule has 2 aliphatic rings. The number of sulfone groups is 1. The maximum absolute atomic E-state index is 12.9. The largest absolute Gasteiger partial charge is 0.253 e. The van der Waals surface area contributed by atoms with E-state index < -0.39 is 19.9 Å². The van der Waals surface area contributed by atoms with Crippen LogP contribution in [0.15, 0.2) is 16.3 Å². The number of rotatable bonds is 5. The molecule has 118 valence electrons. The van der Waals surface area contributed by atoms with Gasteiger partial charge in [0.05, 0.1) is 11.5 Å². The molecule has 0 amide bonds. The van der Waals surface area contributed by atoms with Gasteiger partial charge >= 0.3 is 0 Å². The fourth-order valence-corrected chi connectivity index (χ4v) is 7.89. The summed E-state index contributed by atoms with van der Waals surface area (Å²) in [5.74, 6) is 0.0653. The van der Waals surface area contributed by atoms with Gasteiger partial charge in [-0.1, -0.05) is 6.92 Å². The van der Waals surface area contributed by atoms with Crippen LogP contribution in [0.4, 0.5) is 0 Å². The van der Waals surface area contributed by atoms with Crippen LogP contribution < -0.4 is 0 Å². The van der Waals surface area contributed by atoms with E-state index in [1.807, 2.05) is 13.0 Å². The third-order valence-electron chi connectivity index (χ3n) is 3.99.